The zero-order chi connectivity index (χ0) is 12.3. The van der Waals surface area contributed by atoms with Crippen LogP contribution in [0.25, 0.3) is 0 Å². The third kappa shape index (κ3) is 3.43. The van der Waals surface area contributed by atoms with Gasteiger partial charge in [0.15, 0.2) is 0 Å². The van der Waals surface area contributed by atoms with Crippen LogP contribution in [0.2, 0.25) is 5.02 Å². The van der Waals surface area contributed by atoms with Crippen molar-refractivity contribution in [3.8, 4) is 5.75 Å². The van der Waals surface area contributed by atoms with Crippen molar-refractivity contribution in [2.75, 3.05) is 0 Å². The Balaban J connectivity index is 3.13. The van der Waals surface area contributed by atoms with E-state index in [0.29, 0.717) is 0 Å². The van der Waals surface area contributed by atoms with Crippen molar-refractivity contribution >= 4 is 11.6 Å². The molecule has 88 valence electrons. The number of hydrogen-bond acceptors (Lipinski definition) is 2. The summed E-state index contributed by atoms with van der Waals surface area (Å²) in [5.74, 6) is -0.535. The summed E-state index contributed by atoms with van der Waals surface area (Å²) in [6, 6.07) is 3.58. The first kappa shape index (κ1) is 12.9. The SMILES string of the molecule is C=CC(O)c1ccc(Cl)cc1OC(F)(F)F. The summed E-state index contributed by atoms with van der Waals surface area (Å²) < 4.78 is 39.9. The van der Waals surface area contributed by atoms with Crippen LogP contribution in [-0.4, -0.2) is 11.5 Å². The van der Waals surface area contributed by atoms with Gasteiger partial charge in [0.2, 0.25) is 0 Å². The second kappa shape index (κ2) is 4.76. The Bertz CT molecular complexity index is 390. The van der Waals surface area contributed by atoms with Crippen LogP contribution < -0.4 is 4.74 Å². The molecule has 16 heavy (non-hydrogen) atoms. The molecular weight excluding hydrogens is 245 g/mol. The Morgan fingerprint density at radius 1 is 1.44 bits per heavy atom. The van der Waals surface area contributed by atoms with Crippen LogP contribution in [0.4, 0.5) is 13.2 Å². The molecule has 1 aromatic carbocycles. The minimum absolute atomic E-state index is 0.0447. The molecule has 0 saturated heterocycles. The highest BCUT2D eigenvalue weighted by molar-refractivity contribution is 6.30. The Morgan fingerprint density at radius 2 is 2.06 bits per heavy atom. The standard InChI is InChI=1S/C10H8ClF3O2/c1-2-8(15)7-4-3-6(11)5-9(7)16-10(12,13)14/h2-5,8,15H,1H2. The highest BCUT2D eigenvalue weighted by atomic mass is 35.5. The first-order chi connectivity index (χ1) is 7.33. The van der Waals surface area contributed by atoms with E-state index in [9.17, 15) is 18.3 Å². The molecule has 0 aliphatic rings. The van der Waals surface area contributed by atoms with Crippen LogP contribution in [0.1, 0.15) is 11.7 Å². The van der Waals surface area contributed by atoms with Gasteiger partial charge in [-0.15, -0.1) is 19.8 Å². The average molecular weight is 253 g/mol. The maximum Gasteiger partial charge on any atom is 0.573 e. The first-order valence-electron chi connectivity index (χ1n) is 4.19. The van der Waals surface area contributed by atoms with E-state index in [1.807, 2.05) is 0 Å². The number of ether oxygens (including phenoxy) is 1. The minimum Gasteiger partial charge on any atom is -0.405 e. The molecule has 0 fully saturated rings. The van der Waals surface area contributed by atoms with E-state index in [4.69, 9.17) is 11.6 Å². The molecule has 1 aromatic rings. The number of aliphatic hydroxyl groups excluding tert-OH is 1. The van der Waals surface area contributed by atoms with Gasteiger partial charge in [0.05, 0.1) is 0 Å². The molecule has 0 radical (unpaired) electrons. The fourth-order valence-corrected chi connectivity index (χ4v) is 1.25. The molecule has 1 N–H and O–H groups in total. The van der Waals surface area contributed by atoms with Crippen LogP contribution in [0.3, 0.4) is 0 Å². The highest BCUT2D eigenvalue weighted by Crippen LogP contribution is 2.33. The summed E-state index contributed by atoms with van der Waals surface area (Å²) in [6.45, 7) is 3.28. The van der Waals surface area contributed by atoms with Crippen LogP contribution in [0.15, 0.2) is 30.9 Å². The van der Waals surface area contributed by atoms with Crippen molar-refractivity contribution in [3.63, 3.8) is 0 Å². The van der Waals surface area contributed by atoms with Crippen molar-refractivity contribution in [2.24, 2.45) is 0 Å². The van der Waals surface area contributed by atoms with E-state index >= 15 is 0 Å². The lowest BCUT2D eigenvalue weighted by Crippen LogP contribution is -2.18. The minimum atomic E-state index is -4.83. The largest absolute Gasteiger partial charge is 0.573 e. The van der Waals surface area contributed by atoms with E-state index in [-0.39, 0.29) is 10.6 Å². The van der Waals surface area contributed by atoms with Crippen molar-refractivity contribution in [1.29, 1.82) is 0 Å². The zero-order valence-electron chi connectivity index (χ0n) is 7.96. The van der Waals surface area contributed by atoms with Gasteiger partial charge in [-0.1, -0.05) is 23.7 Å². The van der Waals surface area contributed by atoms with Gasteiger partial charge < -0.3 is 9.84 Å². The third-order valence-electron chi connectivity index (χ3n) is 1.74. The molecule has 2 nitrogen and oxygen atoms in total. The molecule has 0 heterocycles. The number of aliphatic hydroxyl groups is 1. The van der Waals surface area contributed by atoms with Gasteiger partial charge in [-0.25, -0.2) is 0 Å². The second-order valence-corrected chi connectivity index (χ2v) is 3.35. The number of hydrogen-bond donors (Lipinski definition) is 1. The van der Waals surface area contributed by atoms with E-state index in [1.165, 1.54) is 12.1 Å². The van der Waals surface area contributed by atoms with Gasteiger partial charge in [0.1, 0.15) is 11.9 Å². The van der Waals surface area contributed by atoms with E-state index in [1.54, 1.807) is 0 Å². The first-order valence-corrected chi connectivity index (χ1v) is 4.57. The predicted molar refractivity (Wildman–Crippen MR) is 53.3 cm³/mol. The number of alkyl halides is 3. The maximum atomic E-state index is 12.0. The Kier molecular flexibility index (Phi) is 3.83. The van der Waals surface area contributed by atoms with Gasteiger partial charge >= 0.3 is 6.36 Å². The van der Waals surface area contributed by atoms with Crippen LogP contribution in [-0.2, 0) is 0 Å². The summed E-state index contributed by atoms with van der Waals surface area (Å²) in [6.07, 6.45) is -4.98. The van der Waals surface area contributed by atoms with E-state index in [2.05, 4.69) is 11.3 Å². The molecule has 0 spiro atoms. The second-order valence-electron chi connectivity index (χ2n) is 2.91. The third-order valence-corrected chi connectivity index (χ3v) is 1.98. The predicted octanol–water partition coefficient (Wildman–Crippen LogP) is 3.46. The topological polar surface area (TPSA) is 29.5 Å². The van der Waals surface area contributed by atoms with Crippen molar-refractivity contribution in [3.05, 3.63) is 41.4 Å². The number of benzene rings is 1. The molecule has 6 heteroatoms. The monoisotopic (exact) mass is 252 g/mol. The van der Waals surface area contributed by atoms with Gasteiger partial charge in [-0.2, -0.15) is 0 Å². The van der Waals surface area contributed by atoms with Crippen LogP contribution in [0.5, 0.6) is 5.75 Å². The van der Waals surface area contributed by atoms with Crippen molar-refractivity contribution in [2.45, 2.75) is 12.5 Å². The average Bonchev–Trinajstić information content (AvgIpc) is 2.14. The molecule has 1 atom stereocenters. The van der Waals surface area contributed by atoms with Gasteiger partial charge in [-0.3, -0.25) is 0 Å². The highest BCUT2D eigenvalue weighted by Gasteiger charge is 2.32. The molecule has 1 unspecified atom stereocenters. The lowest BCUT2D eigenvalue weighted by atomic mass is 10.1. The van der Waals surface area contributed by atoms with E-state index < -0.39 is 18.2 Å². The lowest BCUT2D eigenvalue weighted by Gasteiger charge is -2.15. The molecule has 1 rings (SSSR count). The molecular formula is C10H8ClF3O2. The lowest BCUT2D eigenvalue weighted by molar-refractivity contribution is -0.275. The quantitative estimate of drug-likeness (QED) is 0.835. The fourth-order valence-electron chi connectivity index (χ4n) is 1.09. The fraction of sp³-hybridized carbons (Fsp3) is 0.200. The van der Waals surface area contributed by atoms with Gasteiger partial charge in [0.25, 0.3) is 0 Å². The molecule has 0 aliphatic heterocycles. The zero-order valence-corrected chi connectivity index (χ0v) is 8.72. The van der Waals surface area contributed by atoms with Gasteiger partial charge in [-0.05, 0) is 12.1 Å². The summed E-state index contributed by atoms with van der Waals surface area (Å²) in [5, 5.41) is 9.47. The maximum absolute atomic E-state index is 12.0. The summed E-state index contributed by atoms with van der Waals surface area (Å²) >= 11 is 5.54. The number of rotatable bonds is 3. The molecule has 0 amide bonds. The smallest absolute Gasteiger partial charge is 0.405 e. The van der Waals surface area contributed by atoms with Crippen LogP contribution >= 0.6 is 11.6 Å². The Morgan fingerprint density at radius 3 is 2.56 bits per heavy atom. The Labute approximate surface area is 94.9 Å². The summed E-state index contributed by atoms with van der Waals surface area (Å²) in [5.41, 5.74) is -0.0447. The molecule has 0 aromatic heterocycles. The molecule has 0 saturated carbocycles. The van der Waals surface area contributed by atoms with Gasteiger partial charge in [0, 0.05) is 10.6 Å². The molecule has 0 aliphatic carbocycles. The molecule has 0 bridgehead atoms. The number of halogens is 4. The summed E-state index contributed by atoms with van der Waals surface area (Å²) in [4.78, 5) is 0. The van der Waals surface area contributed by atoms with Crippen LogP contribution in [0, 0.1) is 0 Å². The van der Waals surface area contributed by atoms with Crippen molar-refractivity contribution < 1.29 is 23.0 Å². The Hall–Kier alpha value is -1.20. The summed E-state index contributed by atoms with van der Waals surface area (Å²) in [7, 11) is 0. The van der Waals surface area contributed by atoms with E-state index in [0.717, 1.165) is 12.1 Å². The van der Waals surface area contributed by atoms with Crippen molar-refractivity contribution in [1.82, 2.24) is 0 Å². The normalized spacial score (nSPS) is 13.3.